The zero-order chi connectivity index (χ0) is 14.0. The molecule has 0 unspecified atom stereocenters. The lowest BCUT2D eigenvalue weighted by Gasteiger charge is -2.07. The normalized spacial score (nSPS) is 10.2. The van der Waals surface area contributed by atoms with Crippen molar-refractivity contribution in [1.82, 2.24) is 4.98 Å². The van der Waals surface area contributed by atoms with Crippen LogP contribution in [0.1, 0.15) is 9.67 Å². The van der Waals surface area contributed by atoms with E-state index in [-0.39, 0.29) is 4.88 Å². The summed E-state index contributed by atoms with van der Waals surface area (Å²) in [5.74, 6) is -0.624. The highest BCUT2D eigenvalue weighted by atomic mass is 32.1. The monoisotopic (exact) mass is 281 g/mol. The molecule has 1 aromatic heterocycles. The Morgan fingerprint density at radius 3 is 2.47 bits per heavy atom. The van der Waals surface area contributed by atoms with Crippen molar-refractivity contribution in [3.63, 3.8) is 0 Å². The number of ether oxygens (including phenoxy) is 2. The number of benzene rings is 1. The Labute approximate surface area is 112 Å². The molecule has 0 amide bonds. The van der Waals surface area contributed by atoms with Gasteiger partial charge in [-0.25, -0.2) is 9.78 Å². The molecule has 2 N–H and O–H groups in total. The summed E-state index contributed by atoms with van der Waals surface area (Å²) in [6, 6.07) is 5.07. The number of carboxylic acids is 1. The predicted molar refractivity (Wildman–Crippen MR) is 69.3 cm³/mol. The van der Waals surface area contributed by atoms with E-state index < -0.39 is 11.8 Å². The van der Waals surface area contributed by atoms with Gasteiger partial charge >= 0.3 is 5.97 Å². The van der Waals surface area contributed by atoms with Crippen LogP contribution in [0.25, 0.3) is 10.6 Å². The number of aromatic hydroxyl groups is 1. The third kappa shape index (κ3) is 2.45. The maximum Gasteiger partial charge on any atom is 0.351 e. The third-order valence-corrected chi connectivity index (χ3v) is 3.52. The van der Waals surface area contributed by atoms with E-state index in [2.05, 4.69) is 4.98 Å². The SMILES string of the molecule is COc1ccc(-c2nc(O)c(C(=O)O)s2)cc1OC. The van der Waals surface area contributed by atoms with Crippen LogP contribution >= 0.6 is 11.3 Å². The van der Waals surface area contributed by atoms with Crippen LogP contribution in [0.3, 0.4) is 0 Å². The number of rotatable bonds is 4. The predicted octanol–water partition coefficient (Wildman–Crippen LogP) is 2.23. The van der Waals surface area contributed by atoms with Gasteiger partial charge in [-0.2, -0.15) is 0 Å². The molecular formula is C12H11NO5S. The Morgan fingerprint density at radius 1 is 1.26 bits per heavy atom. The van der Waals surface area contributed by atoms with Crippen molar-refractivity contribution >= 4 is 17.3 Å². The highest BCUT2D eigenvalue weighted by Crippen LogP contribution is 2.36. The second kappa shape index (κ2) is 5.15. The molecule has 0 saturated carbocycles. The molecule has 0 fully saturated rings. The summed E-state index contributed by atoms with van der Waals surface area (Å²) in [7, 11) is 3.03. The molecule has 7 heteroatoms. The summed E-state index contributed by atoms with van der Waals surface area (Å²) in [5.41, 5.74) is 0.644. The van der Waals surface area contributed by atoms with E-state index in [0.29, 0.717) is 22.1 Å². The van der Waals surface area contributed by atoms with Gasteiger partial charge in [0.15, 0.2) is 16.4 Å². The maximum absolute atomic E-state index is 10.9. The first-order valence-electron chi connectivity index (χ1n) is 5.22. The Hall–Kier alpha value is -2.28. The van der Waals surface area contributed by atoms with Crippen molar-refractivity contribution in [2.24, 2.45) is 0 Å². The quantitative estimate of drug-likeness (QED) is 0.893. The Bertz CT molecular complexity index is 623. The van der Waals surface area contributed by atoms with Gasteiger partial charge in [-0.15, -0.1) is 11.3 Å². The van der Waals surface area contributed by atoms with E-state index in [1.54, 1.807) is 18.2 Å². The Balaban J connectivity index is 2.47. The van der Waals surface area contributed by atoms with E-state index in [4.69, 9.17) is 14.6 Å². The molecule has 0 bridgehead atoms. The van der Waals surface area contributed by atoms with Gasteiger partial charge in [0.1, 0.15) is 5.01 Å². The first kappa shape index (κ1) is 13.2. The fraction of sp³-hybridized carbons (Fsp3) is 0.167. The van der Waals surface area contributed by atoms with Crippen molar-refractivity contribution in [2.75, 3.05) is 14.2 Å². The van der Waals surface area contributed by atoms with Gasteiger partial charge < -0.3 is 19.7 Å². The molecule has 6 nitrogen and oxygen atoms in total. The summed E-state index contributed by atoms with van der Waals surface area (Å²) >= 11 is 0.896. The van der Waals surface area contributed by atoms with Crippen LogP contribution in [0.2, 0.25) is 0 Å². The molecule has 19 heavy (non-hydrogen) atoms. The van der Waals surface area contributed by atoms with Gasteiger partial charge in [0.25, 0.3) is 0 Å². The van der Waals surface area contributed by atoms with E-state index in [9.17, 15) is 9.90 Å². The van der Waals surface area contributed by atoms with Crippen LogP contribution in [0.5, 0.6) is 17.4 Å². The number of hydrogen-bond donors (Lipinski definition) is 2. The molecule has 0 aliphatic heterocycles. The summed E-state index contributed by atoms with van der Waals surface area (Å²) < 4.78 is 10.3. The second-order valence-electron chi connectivity index (χ2n) is 3.55. The minimum Gasteiger partial charge on any atom is -0.493 e. The maximum atomic E-state index is 10.9. The first-order valence-corrected chi connectivity index (χ1v) is 6.04. The summed E-state index contributed by atoms with van der Waals surface area (Å²) in [6.07, 6.45) is 0. The zero-order valence-corrected chi connectivity index (χ0v) is 11.0. The molecule has 0 spiro atoms. The topological polar surface area (TPSA) is 88.9 Å². The number of carbonyl (C=O) groups is 1. The highest BCUT2D eigenvalue weighted by molar-refractivity contribution is 7.17. The van der Waals surface area contributed by atoms with Crippen molar-refractivity contribution in [3.05, 3.63) is 23.1 Å². The fourth-order valence-corrected chi connectivity index (χ4v) is 2.34. The lowest BCUT2D eigenvalue weighted by atomic mass is 10.2. The first-order chi connectivity index (χ1) is 9.06. The standard InChI is InChI=1S/C12H11NO5S/c1-17-7-4-3-6(5-8(7)18-2)11-13-10(14)9(19-11)12(15)16/h3-5,14H,1-2H3,(H,15,16). The van der Waals surface area contributed by atoms with Crippen LogP contribution in [0.4, 0.5) is 0 Å². The van der Waals surface area contributed by atoms with Crippen LogP contribution in [-0.2, 0) is 0 Å². The van der Waals surface area contributed by atoms with Gasteiger partial charge in [0, 0.05) is 5.56 Å². The van der Waals surface area contributed by atoms with Crippen LogP contribution < -0.4 is 9.47 Å². The van der Waals surface area contributed by atoms with Crippen molar-refractivity contribution in [3.8, 4) is 28.0 Å². The number of methoxy groups -OCH3 is 2. The molecule has 0 atom stereocenters. The number of aromatic nitrogens is 1. The average molecular weight is 281 g/mol. The Morgan fingerprint density at radius 2 is 1.95 bits per heavy atom. The Kier molecular flexibility index (Phi) is 3.57. The van der Waals surface area contributed by atoms with Crippen molar-refractivity contribution in [2.45, 2.75) is 0 Å². The molecule has 1 aromatic carbocycles. The number of carboxylic acid groups (broad SMARTS) is 1. The average Bonchev–Trinajstić information content (AvgIpc) is 2.80. The molecular weight excluding hydrogens is 270 g/mol. The van der Waals surface area contributed by atoms with E-state index in [1.165, 1.54) is 14.2 Å². The zero-order valence-electron chi connectivity index (χ0n) is 10.2. The molecule has 1 heterocycles. The van der Waals surface area contributed by atoms with Gasteiger partial charge in [-0.1, -0.05) is 0 Å². The van der Waals surface area contributed by atoms with Crippen molar-refractivity contribution < 1.29 is 24.5 Å². The fourth-order valence-electron chi connectivity index (χ4n) is 1.54. The van der Waals surface area contributed by atoms with E-state index in [1.807, 2.05) is 0 Å². The number of nitrogens with zero attached hydrogens (tertiary/aromatic N) is 1. The highest BCUT2D eigenvalue weighted by Gasteiger charge is 2.18. The van der Waals surface area contributed by atoms with Crippen LogP contribution in [0.15, 0.2) is 18.2 Å². The molecule has 0 radical (unpaired) electrons. The van der Waals surface area contributed by atoms with Crippen LogP contribution in [0, 0.1) is 0 Å². The van der Waals surface area contributed by atoms with Gasteiger partial charge in [0.05, 0.1) is 14.2 Å². The molecule has 0 saturated heterocycles. The van der Waals surface area contributed by atoms with Gasteiger partial charge in [-0.3, -0.25) is 0 Å². The molecule has 0 aliphatic rings. The summed E-state index contributed by atoms with van der Waals surface area (Å²) in [5, 5.41) is 18.7. The smallest absolute Gasteiger partial charge is 0.351 e. The molecule has 2 rings (SSSR count). The molecule has 2 aromatic rings. The lowest BCUT2D eigenvalue weighted by Crippen LogP contribution is -1.91. The largest absolute Gasteiger partial charge is 0.493 e. The lowest BCUT2D eigenvalue weighted by molar-refractivity contribution is 0.0699. The molecule has 100 valence electrons. The number of thiazole rings is 1. The van der Waals surface area contributed by atoms with Crippen LogP contribution in [-0.4, -0.2) is 35.4 Å². The summed E-state index contributed by atoms with van der Waals surface area (Å²) in [6.45, 7) is 0. The third-order valence-electron chi connectivity index (χ3n) is 2.43. The number of aromatic carboxylic acids is 1. The second-order valence-corrected chi connectivity index (χ2v) is 4.55. The minimum absolute atomic E-state index is 0.190. The number of hydrogen-bond acceptors (Lipinski definition) is 6. The van der Waals surface area contributed by atoms with Gasteiger partial charge in [-0.05, 0) is 18.2 Å². The molecule has 0 aliphatic carbocycles. The minimum atomic E-state index is -1.21. The summed E-state index contributed by atoms with van der Waals surface area (Å²) in [4.78, 5) is 14.5. The van der Waals surface area contributed by atoms with Gasteiger partial charge in [0.2, 0.25) is 5.88 Å². The van der Waals surface area contributed by atoms with Crippen molar-refractivity contribution in [1.29, 1.82) is 0 Å². The van der Waals surface area contributed by atoms with E-state index >= 15 is 0 Å². The van der Waals surface area contributed by atoms with E-state index in [0.717, 1.165) is 11.3 Å².